The van der Waals surface area contributed by atoms with E-state index in [4.69, 9.17) is 0 Å². The highest BCUT2D eigenvalue weighted by Crippen LogP contribution is 2.15. The number of halogens is 2. The summed E-state index contributed by atoms with van der Waals surface area (Å²) in [6.45, 7) is 5.57. The van der Waals surface area contributed by atoms with Crippen LogP contribution in [-0.2, 0) is 27.5 Å². The molecule has 2 atom stereocenters. The molecule has 4 amide bonds. The van der Waals surface area contributed by atoms with Crippen LogP contribution in [0.15, 0.2) is 53.0 Å². The number of Topliss-reactive ketones (excluding diaryl/α,β-unsaturated/α-hetero) is 1. The Bertz CT molecular complexity index is 1070. The van der Waals surface area contributed by atoms with Gasteiger partial charge in [0.05, 0.1) is 6.04 Å². The van der Waals surface area contributed by atoms with Crippen LogP contribution in [0.3, 0.4) is 0 Å². The maximum Gasteiger partial charge on any atom is 0.315 e. The van der Waals surface area contributed by atoms with Gasteiger partial charge in [0.1, 0.15) is 11.9 Å². The van der Waals surface area contributed by atoms with Gasteiger partial charge in [0, 0.05) is 23.1 Å². The molecule has 2 aromatic rings. The van der Waals surface area contributed by atoms with Gasteiger partial charge in [-0.2, -0.15) is 0 Å². The van der Waals surface area contributed by atoms with Crippen molar-refractivity contribution in [2.75, 3.05) is 0 Å². The minimum Gasteiger partial charge on any atom is -0.345 e. The van der Waals surface area contributed by atoms with Gasteiger partial charge in [-0.25, -0.2) is 9.18 Å². The van der Waals surface area contributed by atoms with Crippen LogP contribution >= 0.6 is 15.9 Å². The third-order valence-electron chi connectivity index (χ3n) is 5.34. The molecule has 4 N–H and O–H groups in total. The molecule has 2 unspecified atom stereocenters. The summed E-state index contributed by atoms with van der Waals surface area (Å²) in [5.41, 5.74) is 1.12. The Morgan fingerprint density at radius 3 is 2.25 bits per heavy atom. The van der Waals surface area contributed by atoms with E-state index >= 15 is 0 Å². The van der Waals surface area contributed by atoms with E-state index in [0.29, 0.717) is 10.9 Å². The third kappa shape index (κ3) is 9.41. The van der Waals surface area contributed by atoms with Crippen LogP contribution in [0.5, 0.6) is 0 Å². The Kier molecular flexibility index (Phi) is 11.5. The van der Waals surface area contributed by atoms with Crippen molar-refractivity contribution in [1.29, 1.82) is 0 Å². The first-order valence-electron chi connectivity index (χ1n) is 11.7. The van der Waals surface area contributed by atoms with Gasteiger partial charge < -0.3 is 21.3 Å². The average molecular weight is 563 g/mol. The molecule has 8 nitrogen and oxygen atoms in total. The number of amides is 4. The maximum atomic E-state index is 13.9. The first-order chi connectivity index (χ1) is 17.1. The smallest absolute Gasteiger partial charge is 0.315 e. The molecule has 0 spiro atoms. The van der Waals surface area contributed by atoms with E-state index in [1.165, 1.54) is 18.2 Å². The standard InChI is InChI=1S/C26H32BrFN4O4/c1-4-21(23(33)25(35)29-15-18-13-19(27)10-11-20(18)28)31-24(34)22(12-16(2)3)32-26(36)30-14-17-8-6-5-7-9-17/h5-11,13,16,21-22H,4,12,14-15H2,1-3H3,(H,29,35)(H,31,34)(H2,30,32,36). The highest BCUT2D eigenvalue weighted by molar-refractivity contribution is 9.10. The molecule has 0 aliphatic rings. The summed E-state index contributed by atoms with van der Waals surface area (Å²) in [5.74, 6) is -2.79. The lowest BCUT2D eigenvalue weighted by Crippen LogP contribution is -2.55. The molecule has 0 heterocycles. The topological polar surface area (TPSA) is 116 Å². The number of rotatable bonds is 12. The van der Waals surface area contributed by atoms with Crippen LogP contribution < -0.4 is 21.3 Å². The summed E-state index contributed by atoms with van der Waals surface area (Å²) >= 11 is 3.23. The van der Waals surface area contributed by atoms with Crippen molar-refractivity contribution in [2.45, 2.75) is 58.8 Å². The molecule has 0 saturated heterocycles. The number of nitrogens with one attached hydrogen (secondary N) is 4. The van der Waals surface area contributed by atoms with Crippen molar-refractivity contribution in [3.63, 3.8) is 0 Å². The van der Waals surface area contributed by atoms with Gasteiger partial charge >= 0.3 is 6.03 Å². The molecule has 0 aliphatic carbocycles. The number of benzene rings is 2. The summed E-state index contributed by atoms with van der Waals surface area (Å²) < 4.78 is 14.5. The Morgan fingerprint density at radius 1 is 0.917 bits per heavy atom. The Hall–Kier alpha value is -3.27. The molecule has 0 bridgehead atoms. The third-order valence-corrected chi connectivity index (χ3v) is 5.83. The number of hydrogen-bond donors (Lipinski definition) is 4. The van der Waals surface area contributed by atoms with E-state index in [1.54, 1.807) is 6.92 Å². The zero-order valence-electron chi connectivity index (χ0n) is 20.6. The molecule has 0 radical (unpaired) electrons. The largest absolute Gasteiger partial charge is 0.345 e. The zero-order valence-corrected chi connectivity index (χ0v) is 22.2. The van der Waals surface area contributed by atoms with E-state index in [-0.39, 0.29) is 31.0 Å². The summed E-state index contributed by atoms with van der Waals surface area (Å²) in [6.07, 6.45) is 0.501. The minimum absolute atomic E-state index is 0.0781. The summed E-state index contributed by atoms with van der Waals surface area (Å²) in [7, 11) is 0. The predicted octanol–water partition coefficient (Wildman–Crippen LogP) is 3.58. The van der Waals surface area contributed by atoms with Crippen molar-refractivity contribution in [1.82, 2.24) is 21.3 Å². The minimum atomic E-state index is -1.09. The van der Waals surface area contributed by atoms with Crippen LogP contribution in [0.2, 0.25) is 0 Å². The quantitative estimate of drug-likeness (QED) is 0.296. The first kappa shape index (κ1) is 29.0. The van der Waals surface area contributed by atoms with Crippen molar-refractivity contribution in [3.05, 3.63) is 69.9 Å². The molecule has 10 heteroatoms. The van der Waals surface area contributed by atoms with E-state index in [2.05, 4.69) is 37.2 Å². The fourth-order valence-electron chi connectivity index (χ4n) is 3.42. The van der Waals surface area contributed by atoms with Gasteiger partial charge in [0.2, 0.25) is 11.7 Å². The Balaban J connectivity index is 1.96. The number of carbonyl (C=O) groups is 4. The lowest BCUT2D eigenvalue weighted by molar-refractivity contribution is -0.140. The van der Waals surface area contributed by atoms with Gasteiger partial charge in [-0.15, -0.1) is 0 Å². The van der Waals surface area contributed by atoms with Gasteiger partial charge in [-0.05, 0) is 42.5 Å². The zero-order chi connectivity index (χ0) is 26.7. The van der Waals surface area contributed by atoms with Crippen LogP contribution in [0, 0.1) is 11.7 Å². The lowest BCUT2D eigenvalue weighted by Gasteiger charge is -2.23. The molecule has 2 rings (SSSR count). The average Bonchev–Trinajstić information content (AvgIpc) is 2.85. The van der Waals surface area contributed by atoms with Gasteiger partial charge in [-0.1, -0.05) is 67.0 Å². The fourth-order valence-corrected chi connectivity index (χ4v) is 3.82. The van der Waals surface area contributed by atoms with Crippen molar-refractivity contribution in [3.8, 4) is 0 Å². The van der Waals surface area contributed by atoms with Gasteiger partial charge in [0.25, 0.3) is 5.91 Å². The summed E-state index contributed by atoms with van der Waals surface area (Å²) in [6, 6.07) is 11.1. The van der Waals surface area contributed by atoms with E-state index in [1.807, 2.05) is 44.2 Å². The van der Waals surface area contributed by atoms with E-state index in [9.17, 15) is 23.6 Å². The highest BCUT2D eigenvalue weighted by atomic mass is 79.9. The van der Waals surface area contributed by atoms with Crippen LogP contribution in [0.1, 0.15) is 44.7 Å². The lowest BCUT2D eigenvalue weighted by atomic mass is 10.0. The van der Waals surface area contributed by atoms with Crippen LogP contribution in [-0.4, -0.2) is 35.7 Å². The van der Waals surface area contributed by atoms with Gasteiger partial charge in [0.15, 0.2) is 0 Å². The van der Waals surface area contributed by atoms with E-state index in [0.717, 1.165) is 5.56 Å². The number of carbonyl (C=O) groups excluding carboxylic acids is 4. The van der Waals surface area contributed by atoms with Crippen LogP contribution in [0.4, 0.5) is 9.18 Å². The molecule has 0 saturated carbocycles. The molecular formula is C26H32BrFN4O4. The monoisotopic (exact) mass is 562 g/mol. The van der Waals surface area contributed by atoms with Crippen LogP contribution in [0.25, 0.3) is 0 Å². The second kappa shape index (κ2) is 14.3. The van der Waals surface area contributed by atoms with Crippen molar-refractivity contribution >= 4 is 39.6 Å². The number of hydrogen-bond acceptors (Lipinski definition) is 4. The number of ketones is 1. The maximum absolute atomic E-state index is 13.9. The molecular weight excluding hydrogens is 531 g/mol. The Morgan fingerprint density at radius 2 is 1.61 bits per heavy atom. The fraction of sp³-hybridized carbons (Fsp3) is 0.385. The second-order valence-electron chi connectivity index (χ2n) is 8.75. The molecule has 0 fully saturated rings. The van der Waals surface area contributed by atoms with E-state index < -0.39 is 41.5 Å². The van der Waals surface area contributed by atoms with Gasteiger partial charge in [-0.3, -0.25) is 14.4 Å². The predicted molar refractivity (Wildman–Crippen MR) is 138 cm³/mol. The molecule has 0 aromatic heterocycles. The number of urea groups is 1. The van der Waals surface area contributed by atoms with Crippen molar-refractivity contribution in [2.24, 2.45) is 5.92 Å². The normalized spacial score (nSPS) is 12.4. The first-order valence-corrected chi connectivity index (χ1v) is 12.5. The molecule has 194 valence electrons. The SMILES string of the molecule is CCC(NC(=O)C(CC(C)C)NC(=O)NCc1ccccc1)C(=O)C(=O)NCc1cc(Br)ccc1F. The van der Waals surface area contributed by atoms with Crippen molar-refractivity contribution < 1.29 is 23.6 Å². The second-order valence-corrected chi connectivity index (χ2v) is 9.66. The molecule has 36 heavy (non-hydrogen) atoms. The molecule has 0 aliphatic heterocycles. The summed E-state index contributed by atoms with van der Waals surface area (Å²) in [4.78, 5) is 50.5. The molecule has 2 aromatic carbocycles. The summed E-state index contributed by atoms with van der Waals surface area (Å²) in [5, 5.41) is 10.3. The highest BCUT2D eigenvalue weighted by Gasteiger charge is 2.29. The Labute approximate surface area is 218 Å².